The Bertz CT molecular complexity index is 582. The van der Waals surface area contributed by atoms with Gasteiger partial charge in [0.05, 0.1) is 24.7 Å². The summed E-state index contributed by atoms with van der Waals surface area (Å²) in [5, 5.41) is 17.6. The number of nitrogens with one attached hydrogen (secondary N) is 1. The molecule has 2 N–H and O–H groups in total. The summed E-state index contributed by atoms with van der Waals surface area (Å²) in [7, 11) is 1.88. The van der Waals surface area contributed by atoms with E-state index in [0.29, 0.717) is 13.1 Å². The Morgan fingerprint density at radius 1 is 1.33 bits per heavy atom. The number of anilines is 1. The van der Waals surface area contributed by atoms with Crippen LogP contribution in [0.25, 0.3) is 11.0 Å². The van der Waals surface area contributed by atoms with Crippen molar-refractivity contribution in [3.8, 4) is 0 Å². The normalized spacial score (nSPS) is 11.5. The van der Waals surface area contributed by atoms with Crippen LogP contribution in [0.4, 0.5) is 5.82 Å². The molecule has 2 rings (SSSR count). The monoisotopic (exact) mass is 292 g/mol. The van der Waals surface area contributed by atoms with Gasteiger partial charge in [-0.1, -0.05) is 13.8 Å². The molecule has 7 nitrogen and oxygen atoms in total. The van der Waals surface area contributed by atoms with Crippen LogP contribution in [-0.4, -0.2) is 56.0 Å². The number of likely N-dealkylation sites (N-methyl/N-ethyl adjacent to an activating group) is 1. The van der Waals surface area contributed by atoms with Gasteiger partial charge >= 0.3 is 0 Å². The molecule has 2 aromatic rings. The molecule has 7 heteroatoms. The molecule has 0 radical (unpaired) electrons. The second kappa shape index (κ2) is 7.33. The van der Waals surface area contributed by atoms with Crippen LogP contribution in [0.3, 0.4) is 0 Å². The molecule has 116 valence electrons. The van der Waals surface area contributed by atoms with Crippen molar-refractivity contribution in [3.05, 3.63) is 12.0 Å². The van der Waals surface area contributed by atoms with Gasteiger partial charge in [-0.15, -0.1) is 0 Å². The van der Waals surface area contributed by atoms with Gasteiger partial charge in [0.15, 0.2) is 5.65 Å². The van der Waals surface area contributed by atoms with Crippen LogP contribution in [-0.2, 0) is 13.6 Å². The van der Waals surface area contributed by atoms with E-state index in [1.807, 2.05) is 7.05 Å². The highest BCUT2D eigenvalue weighted by Gasteiger charge is 2.13. The largest absolute Gasteiger partial charge is 0.395 e. The highest BCUT2D eigenvalue weighted by atomic mass is 16.3. The van der Waals surface area contributed by atoms with Crippen LogP contribution >= 0.6 is 0 Å². The molecule has 2 aromatic heterocycles. The highest BCUT2D eigenvalue weighted by molar-refractivity contribution is 5.86. The van der Waals surface area contributed by atoms with Crippen LogP contribution in [0.5, 0.6) is 0 Å². The molecule has 0 fully saturated rings. The van der Waals surface area contributed by atoms with E-state index < -0.39 is 0 Å². The van der Waals surface area contributed by atoms with Gasteiger partial charge in [-0.2, -0.15) is 5.10 Å². The Balaban J connectivity index is 2.32. The number of aliphatic hydroxyl groups is 1. The lowest BCUT2D eigenvalue weighted by atomic mass is 10.3. The summed E-state index contributed by atoms with van der Waals surface area (Å²) in [5.74, 6) is 1.59. The lowest BCUT2D eigenvalue weighted by molar-refractivity contribution is 0.194. The minimum Gasteiger partial charge on any atom is -0.395 e. The molecule has 0 aliphatic rings. The molecule has 0 bridgehead atoms. The molecular formula is C14H24N6O. The molecule has 2 heterocycles. The van der Waals surface area contributed by atoms with Crippen molar-refractivity contribution in [2.75, 3.05) is 31.6 Å². The average Bonchev–Trinajstić information content (AvgIpc) is 2.86. The first-order valence-corrected chi connectivity index (χ1v) is 7.45. The Morgan fingerprint density at radius 2 is 2.14 bits per heavy atom. The van der Waals surface area contributed by atoms with Crippen molar-refractivity contribution in [2.45, 2.75) is 26.8 Å². The van der Waals surface area contributed by atoms with Crippen LogP contribution in [0, 0.1) is 0 Å². The van der Waals surface area contributed by atoms with Crippen molar-refractivity contribution in [2.24, 2.45) is 7.05 Å². The summed E-state index contributed by atoms with van der Waals surface area (Å²) in [6.07, 6.45) is 2.83. The fourth-order valence-electron chi connectivity index (χ4n) is 2.21. The molecule has 0 unspecified atom stereocenters. The number of hydrogen-bond acceptors (Lipinski definition) is 6. The fraction of sp³-hybridized carbons (Fsp3) is 0.643. The smallest absolute Gasteiger partial charge is 0.163 e. The zero-order chi connectivity index (χ0) is 15.2. The Kier molecular flexibility index (Phi) is 5.46. The predicted octanol–water partition coefficient (Wildman–Crippen LogP) is 0.999. The number of nitrogens with zero attached hydrogens (tertiary/aromatic N) is 5. The van der Waals surface area contributed by atoms with Crippen molar-refractivity contribution in [1.82, 2.24) is 24.6 Å². The Morgan fingerprint density at radius 3 is 2.81 bits per heavy atom. The summed E-state index contributed by atoms with van der Waals surface area (Å²) in [5.41, 5.74) is 0.832. The maximum atomic E-state index is 9.09. The fourth-order valence-corrected chi connectivity index (χ4v) is 2.21. The molecule has 0 saturated heterocycles. The molecule has 0 atom stereocenters. The summed E-state index contributed by atoms with van der Waals surface area (Å²) in [6.45, 7) is 7.30. The quantitative estimate of drug-likeness (QED) is 0.755. The van der Waals surface area contributed by atoms with Gasteiger partial charge in [0.2, 0.25) is 0 Å². The maximum Gasteiger partial charge on any atom is 0.163 e. The first kappa shape index (κ1) is 15.7. The molecule has 0 saturated carbocycles. The number of aryl methyl sites for hydroxylation is 1. The second-order valence-electron chi connectivity index (χ2n) is 5.01. The van der Waals surface area contributed by atoms with Gasteiger partial charge in [-0.3, -0.25) is 9.58 Å². The van der Waals surface area contributed by atoms with Crippen LogP contribution in [0.2, 0.25) is 0 Å². The van der Waals surface area contributed by atoms with E-state index >= 15 is 0 Å². The van der Waals surface area contributed by atoms with E-state index in [0.717, 1.165) is 42.2 Å². The number of hydrogen-bond donors (Lipinski definition) is 2. The molecule has 21 heavy (non-hydrogen) atoms. The van der Waals surface area contributed by atoms with Crippen LogP contribution < -0.4 is 5.32 Å². The van der Waals surface area contributed by atoms with Gasteiger partial charge in [-0.25, -0.2) is 9.97 Å². The van der Waals surface area contributed by atoms with Gasteiger partial charge in [0.25, 0.3) is 0 Å². The van der Waals surface area contributed by atoms with E-state index in [4.69, 9.17) is 5.11 Å². The number of rotatable bonds is 8. The average molecular weight is 292 g/mol. The molecule has 0 aliphatic carbocycles. The molecule has 0 spiro atoms. The lowest BCUT2D eigenvalue weighted by Crippen LogP contribution is -2.27. The topological polar surface area (TPSA) is 79.1 Å². The van der Waals surface area contributed by atoms with E-state index in [1.54, 1.807) is 10.9 Å². The third-order valence-corrected chi connectivity index (χ3v) is 3.41. The third kappa shape index (κ3) is 3.68. The predicted molar refractivity (Wildman–Crippen MR) is 83.1 cm³/mol. The lowest BCUT2D eigenvalue weighted by Gasteiger charge is -2.18. The minimum absolute atomic E-state index is 0.142. The highest BCUT2D eigenvalue weighted by Crippen LogP contribution is 2.20. The molecule has 0 amide bonds. The van der Waals surface area contributed by atoms with Crippen LogP contribution in [0.15, 0.2) is 6.20 Å². The van der Waals surface area contributed by atoms with E-state index in [2.05, 4.69) is 39.1 Å². The Hall–Kier alpha value is -1.73. The number of fused-ring (bicyclic) bond motifs is 1. The SMILES string of the molecule is CCCNc1nc(CN(CC)CCO)nc2c1cnn2C. The second-order valence-corrected chi connectivity index (χ2v) is 5.01. The molecular weight excluding hydrogens is 268 g/mol. The van der Waals surface area contributed by atoms with Crippen LogP contribution in [0.1, 0.15) is 26.1 Å². The Labute approximate surface area is 125 Å². The summed E-state index contributed by atoms with van der Waals surface area (Å²) in [6, 6.07) is 0. The summed E-state index contributed by atoms with van der Waals surface area (Å²) >= 11 is 0. The van der Waals surface area contributed by atoms with Crippen molar-refractivity contribution >= 4 is 16.9 Å². The summed E-state index contributed by atoms with van der Waals surface area (Å²) in [4.78, 5) is 11.3. The van der Waals surface area contributed by atoms with Gasteiger partial charge in [0.1, 0.15) is 11.6 Å². The zero-order valence-electron chi connectivity index (χ0n) is 13.0. The summed E-state index contributed by atoms with van der Waals surface area (Å²) < 4.78 is 1.76. The van der Waals surface area contributed by atoms with Crippen molar-refractivity contribution in [3.63, 3.8) is 0 Å². The minimum atomic E-state index is 0.142. The van der Waals surface area contributed by atoms with Gasteiger partial charge in [0, 0.05) is 20.1 Å². The van der Waals surface area contributed by atoms with Gasteiger partial charge < -0.3 is 10.4 Å². The maximum absolute atomic E-state index is 9.09. The van der Waals surface area contributed by atoms with Crippen molar-refractivity contribution in [1.29, 1.82) is 0 Å². The number of aliphatic hydroxyl groups excluding tert-OH is 1. The van der Waals surface area contributed by atoms with Gasteiger partial charge in [-0.05, 0) is 13.0 Å². The first-order chi connectivity index (χ1) is 10.2. The molecule has 0 aromatic carbocycles. The first-order valence-electron chi connectivity index (χ1n) is 7.45. The standard InChI is InChI=1S/C14H24N6O/c1-4-6-15-13-11-9-16-19(3)14(11)18-12(17-13)10-20(5-2)7-8-21/h9,21H,4-8,10H2,1-3H3,(H,15,17,18). The van der Waals surface area contributed by atoms with Crippen molar-refractivity contribution < 1.29 is 5.11 Å². The van der Waals surface area contributed by atoms with E-state index in [9.17, 15) is 0 Å². The van der Waals surface area contributed by atoms with E-state index in [1.165, 1.54) is 0 Å². The van der Waals surface area contributed by atoms with E-state index in [-0.39, 0.29) is 6.61 Å². The number of aromatic nitrogens is 4. The third-order valence-electron chi connectivity index (χ3n) is 3.41. The zero-order valence-corrected chi connectivity index (χ0v) is 13.0. The molecule has 0 aliphatic heterocycles.